The molecular weight excluding hydrogens is 188 g/mol. The Morgan fingerprint density at radius 2 is 1.69 bits per heavy atom. The van der Waals surface area contributed by atoms with E-state index in [0.29, 0.717) is 4.66 Å². The molecule has 0 aliphatic carbocycles. The summed E-state index contributed by atoms with van der Waals surface area (Å²) < 4.78 is 0.527. The Hall–Kier alpha value is -0.346. The van der Waals surface area contributed by atoms with Gasteiger partial charge >= 0.3 is 0 Å². The van der Waals surface area contributed by atoms with Gasteiger partial charge in [0.2, 0.25) is 0 Å². The minimum absolute atomic E-state index is 0.527. The highest BCUT2D eigenvalue weighted by Gasteiger charge is 2.29. The first kappa shape index (κ1) is 9.22. The van der Waals surface area contributed by atoms with Crippen LogP contribution in [0.25, 0.3) is 0 Å². The molecule has 1 aliphatic heterocycles. The highest BCUT2D eigenvalue weighted by atomic mass is 28.3. The molecule has 1 aromatic rings. The fourth-order valence-corrected chi connectivity index (χ4v) is 5.86. The first-order valence-corrected chi connectivity index (χ1v) is 7.28. The fourth-order valence-electron chi connectivity index (χ4n) is 1.80. The second-order valence-corrected chi connectivity index (χ2v) is 7.91. The van der Waals surface area contributed by atoms with Crippen LogP contribution in [0.3, 0.4) is 0 Å². The predicted molar refractivity (Wildman–Crippen MR) is 59.5 cm³/mol. The van der Waals surface area contributed by atoms with E-state index < -0.39 is 0 Å². The lowest BCUT2D eigenvalue weighted by Crippen LogP contribution is -2.39. The van der Waals surface area contributed by atoms with Gasteiger partial charge < -0.3 is 0 Å². The second-order valence-electron chi connectivity index (χ2n) is 3.70. The molecule has 2 rings (SSSR count). The lowest BCUT2D eigenvalue weighted by Gasteiger charge is -2.32. The van der Waals surface area contributed by atoms with Crippen molar-refractivity contribution < 1.29 is 0 Å². The molecule has 1 heterocycles. The summed E-state index contributed by atoms with van der Waals surface area (Å²) in [6, 6.07) is 13.9. The van der Waals surface area contributed by atoms with Crippen LogP contribution in [0.4, 0.5) is 0 Å². The number of hydrogen-bond donors (Lipinski definition) is 0. The van der Waals surface area contributed by atoms with Crippen molar-refractivity contribution in [2.45, 2.75) is 30.1 Å². The maximum Gasteiger partial charge on any atom is 0.0468 e. The van der Waals surface area contributed by atoms with Gasteiger partial charge in [0.25, 0.3) is 0 Å². The van der Waals surface area contributed by atoms with Gasteiger partial charge in [0.05, 0.1) is 0 Å². The van der Waals surface area contributed by atoms with Crippen molar-refractivity contribution in [2.75, 3.05) is 0 Å². The van der Waals surface area contributed by atoms with E-state index >= 15 is 0 Å². The van der Waals surface area contributed by atoms with Crippen molar-refractivity contribution in [1.82, 2.24) is 0 Å². The fraction of sp³-hybridized carbons (Fsp3) is 0.455. The molecule has 0 amide bonds. The zero-order valence-corrected chi connectivity index (χ0v) is 10.0. The van der Waals surface area contributed by atoms with Crippen LogP contribution in [-0.4, -0.2) is 19.0 Å². The van der Waals surface area contributed by atoms with Crippen molar-refractivity contribution in [1.29, 1.82) is 0 Å². The van der Waals surface area contributed by atoms with Crippen molar-refractivity contribution in [3.63, 3.8) is 0 Å². The molecule has 13 heavy (non-hydrogen) atoms. The van der Waals surface area contributed by atoms with E-state index in [-0.39, 0.29) is 0 Å². The van der Waals surface area contributed by atoms with Gasteiger partial charge in [0.15, 0.2) is 0 Å². The van der Waals surface area contributed by atoms with Crippen LogP contribution in [0.1, 0.15) is 18.9 Å². The minimum atomic E-state index is 0.527. The molecule has 0 atom stereocenters. The molecule has 0 saturated carbocycles. The lowest BCUT2D eigenvalue weighted by molar-refractivity contribution is 0.862. The lowest BCUT2D eigenvalue weighted by atomic mass is 10.1. The zero-order valence-electron chi connectivity index (χ0n) is 8.01. The smallest absolute Gasteiger partial charge is 0.0468 e. The van der Waals surface area contributed by atoms with Gasteiger partial charge in [-0.3, -0.25) is 0 Å². The van der Waals surface area contributed by atoms with Crippen LogP contribution in [0.2, 0.25) is 12.1 Å². The van der Waals surface area contributed by atoms with Crippen LogP contribution in [0.15, 0.2) is 30.3 Å². The summed E-state index contributed by atoms with van der Waals surface area (Å²) in [5, 5.41) is 0. The van der Waals surface area contributed by atoms with E-state index in [0.717, 1.165) is 19.0 Å². The molecule has 0 nitrogen and oxygen atoms in total. The van der Waals surface area contributed by atoms with E-state index in [1.807, 2.05) is 0 Å². The SMILES string of the molecule is CC1(c2ccccc2)[Si]CCC[Si]1. The highest BCUT2D eigenvalue weighted by Crippen LogP contribution is 2.28. The monoisotopic (exact) mass is 202 g/mol. The summed E-state index contributed by atoms with van der Waals surface area (Å²) in [6.07, 6.45) is 1.46. The minimum Gasteiger partial charge on any atom is -0.0622 e. The Balaban J connectivity index is 2.23. The molecular formula is C11H14Si2. The van der Waals surface area contributed by atoms with E-state index in [1.165, 1.54) is 18.5 Å². The maximum absolute atomic E-state index is 2.44. The Kier molecular flexibility index (Phi) is 2.70. The Bertz CT molecular complexity index is 263. The van der Waals surface area contributed by atoms with E-state index in [1.54, 1.807) is 5.56 Å². The van der Waals surface area contributed by atoms with Crippen molar-refractivity contribution in [2.24, 2.45) is 0 Å². The summed E-state index contributed by atoms with van der Waals surface area (Å²) in [5.41, 5.74) is 1.56. The third kappa shape index (κ3) is 1.94. The van der Waals surface area contributed by atoms with Crippen LogP contribution in [0.5, 0.6) is 0 Å². The molecule has 4 radical (unpaired) electrons. The highest BCUT2D eigenvalue weighted by molar-refractivity contribution is 6.63. The molecule has 1 aliphatic rings. The van der Waals surface area contributed by atoms with Gasteiger partial charge in [0.1, 0.15) is 0 Å². The molecule has 1 fully saturated rings. The largest absolute Gasteiger partial charge is 0.0622 e. The normalized spacial score (nSPS) is 21.3. The van der Waals surface area contributed by atoms with Gasteiger partial charge in [-0.1, -0.05) is 55.8 Å². The maximum atomic E-state index is 2.44. The van der Waals surface area contributed by atoms with Crippen LogP contribution >= 0.6 is 0 Å². The first-order chi connectivity index (χ1) is 6.31. The summed E-state index contributed by atoms with van der Waals surface area (Å²) >= 11 is 0. The first-order valence-electron chi connectivity index (χ1n) is 4.87. The Morgan fingerprint density at radius 1 is 1.08 bits per heavy atom. The van der Waals surface area contributed by atoms with Gasteiger partial charge in [-0.2, -0.15) is 0 Å². The zero-order chi connectivity index (χ0) is 9.15. The number of rotatable bonds is 1. The Labute approximate surface area is 85.4 Å². The number of benzene rings is 1. The molecule has 0 N–H and O–H groups in total. The van der Waals surface area contributed by atoms with Crippen molar-refractivity contribution >= 4 is 19.0 Å². The summed E-state index contributed by atoms with van der Waals surface area (Å²) in [4.78, 5) is 0. The third-order valence-electron chi connectivity index (χ3n) is 2.66. The second kappa shape index (κ2) is 3.80. The molecule has 0 aromatic heterocycles. The molecule has 2 heteroatoms. The van der Waals surface area contributed by atoms with Gasteiger partial charge in [0, 0.05) is 19.0 Å². The molecule has 1 aromatic carbocycles. The average molecular weight is 202 g/mol. The van der Waals surface area contributed by atoms with E-state index in [2.05, 4.69) is 37.3 Å². The number of hydrogen-bond acceptors (Lipinski definition) is 0. The van der Waals surface area contributed by atoms with Crippen molar-refractivity contribution in [3.05, 3.63) is 35.9 Å². The van der Waals surface area contributed by atoms with Crippen LogP contribution in [0, 0.1) is 0 Å². The average Bonchev–Trinajstić information content (AvgIpc) is 2.20. The van der Waals surface area contributed by atoms with Crippen LogP contribution in [-0.2, 0) is 4.66 Å². The molecule has 0 bridgehead atoms. The van der Waals surface area contributed by atoms with Gasteiger partial charge in [-0.15, -0.1) is 0 Å². The predicted octanol–water partition coefficient (Wildman–Crippen LogP) is 2.51. The van der Waals surface area contributed by atoms with Gasteiger partial charge in [-0.25, -0.2) is 0 Å². The molecule has 1 saturated heterocycles. The Morgan fingerprint density at radius 3 is 2.31 bits per heavy atom. The third-order valence-corrected chi connectivity index (χ3v) is 6.92. The standard InChI is InChI=1S/C11H14Si2/c1-11(12-8-5-9-13-11)10-6-3-2-4-7-10/h2-4,6-7H,5,8-9H2,1H3. The summed E-state index contributed by atoms with van der Waals surface area (Å²) in [5.74, 6) is 0. The quantitative estimate of drug-likeness (QED) is 0.614. The van der Waals surface area contributed by atoms with Crippen LogP contribution < -0.4 is 0 Å². The topological polar surface area (TPSA) is 0 Å². The van der Waals surface area contributed by atoms with Crippen molar-refractivity contribution in [3.8, 4) is 0 Å². The van der Waals surface area contributed by atoms with E-state index in [9.17, 15) is 0 Å². The molecule has 66 valence electrons. The molecule has 0 spiro atoms. The van der Waals surface area contributed by atoms with E-state index in [4.69, 9.17) is 0 Å². The molecule has 0 unspecified atom stereocenters. The van der Waals surface area contributed by atoms with Gasteiger partial charge in [-0.05, 0) is 10.2 Å². The summed E-state index contributed by atoms with van der Waals surface area (Å²) in [6.45, 7) is 2.44. The summed E-state index contributed by atoms with van der Waals surface area (Å²) in [7, 11) is 2.27.